The summed E-state index contributed by atoms with van der Waals surface area (Å²) in [5, 5.41) is 2.99. The van der Waals surface area contributed by atoms with Crippen LogP contribution in [0.5, 0.6) is 0 Å². The second-order valence-corrected chi connectivity index (χ2v) is 8.10. The molecule has 0 radical (unpaired) electrons. The summed E-state index contributed by atoms with van der Waals surface area (Å²) in [6.07, 6.45) is 4.34. The minimum atomic E-state index is -0.630. The lowest BCUT2D eigenvalue weighted by molar-refractivity contribution is -0.142. The van der Waals surface area contributed by atoms with Gasteiger partial charge in [-0.15, -0.1) is 0 Å². The highest BCUT2D eigenvalue weighted by Gasteiger charge is 2.34. The number of carbonyl (C=O) groups excluding carboxylic acids is 3. The predicted molar refractivity (Wildman–Crippen MR) is 114 cm³/mol. The zero-order valence-corrected chi connectivity index (χ0v) is 18.2. The molecule has 160 valence electrons. The normalized spacial score (nSPS) is 17.2. The lowest BCUT2D eigenvalue weighted by Gasteiger charge is -2.34. The van der Waals surface area contributed by atoms with Gasteiger partial charge in [-0.25, -0.2) is 0 Å². The highest BCUT2D eigenvalue weighted by atomic mass is 16.2. The summed E-state index contributed by atoms with van der Waals surface area (Å²) in [4.78, 5) is 41.7. The highest BCUT2D eigenvalue weighted by molar-refractivity contribution is 5.92. The second-order valence-electron chi connectivity index (χ2n) is 8.10. The molecule has 1 fully saturated rings. The minimum Gasteiger partial charge on any atom is -0.342 e. The van der Waals surface area contributed by atoms with Crippen LogP contribution in [0.2, 0.25) is 0 Å². The van der Waals surface area contributed by atoms with Gasteiger partial charge in [-0.05, 0) is 30.7 Å². The Morgan fingerprint density at radius 2 is 1.72 bits per heavy atom. The largest absolute Gasteiger partial charge is 0.342 e. The van der Waals surface area contributed by atoms with Crippen LogP contribution in [0.1, 0.15) is 52.0 Å². The number of hydrogen-bond donors (Lipinski definition) is 1. The van der Waals surface area contributed by atoms with Gasteiger partial charge in [0.05, 0.1) is 0 Å². The Kier molecular flexibility index (Phi) is 8.68. The van der Waals surface area contributed by atoms with Crippen LogP contribution in [0, 0.1) is 5.92 Å². The summed E-state index contributed by atoms with van der Waals surface area (Å²) in [6, 6.07) is 8.52. The number of amides is 3. The summed E-state index contributed by atoms with van der Waals surface area (Å²) in [5.41, 5.74) is 1.00. The molecule has 29 heavy (non-hydrogen) atoms. The Hall–Kier alpha value is -2.37. The standard InChI is InChI=1S/C23H35N3O3/c1-5-17(2)21(25(4)18(3)27)22(28)24-20(16-19-12-8-6-9-13-19)23(29)26-14-10-7-11-15-26/h6,8-9,12-13,17,20-21H,5,7,10-11,14-16H2,1-4H3,(H,24,28)/t17?,20-,21-/m0/s1. The molecule has 3 amide bonds. The monoisotopic (exact) mass is 401 g/mol. The summed E-state index contributed by atoms with van der Waals surface area (Å²) >= 11 is 0. The van der Waals surface area contributed by atoms with E-state index in [9.17, 15) is 14.4 Å². The molecule has 1 aromatic rings. The van der Waals surface area contributed by atoms with Gasteiger partial charge in [-0.1, -0.05) is 50.6 Å². The van der Waals surface area contributed by atoms with Crippen LogP contribution in [0.25, 0.3) is 0 Å². The number of likely N-dealkylation sites (N-methyl/N-ethyl adjacent to an activating group) is 1. The number of carbonyl (C=O) groups is 3. The molecule has 0 aromatic heterocycles. The number of rotatable bonds is 8. The Bertz CT molecular complexity index is 686. The van der Waals surface area contributed by atoms with E-state index in [2.05, 4.69) is 5.32 Å². The molecule has 2 rings (SSSR count). The van der Waals surface area contributed by atoms with E-state index in [1.54, 1.807) is 7.05 Å². The number of nitrogens with zero attached hydrogens (tertiary/aromatic N) is 2. The third-order valence-corrected chi connectivity index (χ3v) is 5.93. The van der Waals surface area contributed by atoms with Crippen molar-refractivity contribution in [2.75, 3.05) is 20.1 Å². The van der Waals surface area contributed by atoms with Crippen molar-refractivity contribution in [2.45, 2.75) is 65.0 Å². The van der Waals surface area contributed by atoms with Gasteiger partial charge in [-0.2, -0.15) is 0 Å². The van der Waals surface area contributed by atoms with Crippen molar-refractivity contribution in [3.05, 3.63) is 35.9 Å². The third-order valence-electron chi connectivity index (χ3n) is 5.93. The minimum absolute atomic E-state index is 0.00800. The van der Waals surface area contributed by atoms with Crippen LogP contribution in [0.4, 0.5) is 0 Å². The molecule has 1 saturated heterocycles. The van der Waals surface area contributed by atoms with E-state index in [4.69, 9.17) is 0 Å². The average molecular weight is 402 g/mol. The van der Waals surface area contributed by atoms with Crippen molar-refractivity contribution in [3.63, 3.8) is 0 Å². The van der Waals surface area contributed by atoms with Crippen LogP contribution >= 0.6 is 0 Å². The Labute approximate surface area is 174 Å². The molecule has 0 bridgehead atoms. The van der Waals surface area contributed by atoms with Crippen LogP contribution in [0.3, 0.4) is 0 Å². The molecule has 3 atom stereocenters. The molecular formula is C23H35N3O3. The molecule has 1 unspecified atom stereocenters. The van der Waals surface area contributed by atoms with E-state index in [1.165, 1.54) is 11.8 Å². The van der Waals surface area contributed by atoms with Gasteiger partial charge >= 0.3 is 0 Å². The molecule has 0 aliphatic carbocycles. The first kappa shape index (κ1) is 22.9. The van der Waals surface area contributed by atoms with E-state index >= 15 is 0 Å². The van der Waals surface area contributed by atoms with E-state index < -0.39 is 12.1 Å². The van der Waals surface area contributed by atoms with Crippen LogP contribution in [-0.2, 0) is 20.8 Å². The molecule has 1 aliphatic heterocycles. The Morgan fingerprint density at radius 3 is 2.28 bits per heavy atom. The number of benzene rings is 1. The topological polar surface area (TPSA) is 69.7 Å². The molecule has 0 spiro atoms. The zero-order chi connectivity index (χ0) is 21.4. The maximum atomic E-state index is 13.2. The quantitative estimate of drug-likeness (QED) is 0.728. The van der Waals surface area contributed by atoms with Gasteiger partial charge in [0.25, 0.3) is 0 Å². The maximum Gasteiger partial charge on any atom is 0.245 e. The van der Waals surface area contributed by atoms with Crippen molar-refractivity contribution in [1.29, 1.82) is 0 Å². The number of nitrogens with one attached hydrogen (secondary N) is 1. The molecule has 6 heteroatoms. The highest BCUT2D eigenvalue weighted by Crippen LogP contribution is 2.17. The molecule has 1 heterocycles. The lowest BCUT2D eigenvalue weighted by atomic mass is 9.95. The number of piperidine rings is 1. The van der Waals surface area contributed by atoms with Gasteiger partial charge in [0.2, 0.25) is 17.7 Å². The summed E-state index contributed by atoms with van der Waals surface area (Å²) in [5.74, 6) is -0.461. The lowest BCUT2D eigenvalue weighted by Crippen LogP contribution is -2.57. The maximum absolute atomic E-state index is 13.2. The second kappa shape index (κ2) is 11.0. The van der Waals surface area contributed by atoms with E-state index in [0.717, 1.165) is 44.3 Å². The van der Waals surface area contributed by atoms with Gasteiger partial charge in [0, 0.05) is 33.5 Å². The van der Waals surface area contributed by atoms with Gasteiger partial charge in [0.1, 0.15) is 12.1 Å². The van der Waals surface area contributed by atoms with Crippen LogP contribution in [-0.4, -0.2) is 59.7 Å². The summed E-state index contributed by atoms with van der Waals surface area (Å²) in [7, 11) is 1.65. The van der Waals surface area contributed by atoms with E-state index in [1.807, 2.05) is 49.1 Å². The first-order valence-electron chi connectivity index (χ1n) is 10.7. The zero-order valence-electron chi connectivity index (χ0n) is 18.2. The summed E-state index contributed by atoms with van der Waals surface area (Å²) < 4.78 is 0. The molecule has 0 saturated carbocycles. The number of likely N-dealkylation sites (tertiary alicyclic amines) is 1. The fourth-order valence-corrected chi connectivity index (χ4v) is 3.88. The summed E-state index contributed by atoms with van der Waals surface area (Å²) in [6.45, 7) is 6.90. The average Bonchev–Trinajstić information content (AvgIpc) is 2.73. The number of hydrogen-bond acceptors (Lipinski definition) is 3. The predicted octanol–water partition coefficient (Wildman–Crippen LogP) is 2.62. The van der Waals surface area contributed by atoms with Crippen LogP contribution in [0.15, 0.2) is 30.3 Å². The van der Waals surface area contributed by atoms with Crippen LogP contribution < -0.4 is 5.32 Å². The van der Waals surface area contributed by atoms with Crippen molar-refractivity contribution in [1.82, 2.24) is 15.1 Å². The first-order valence-corrected chi connectivity index (χ1v) is 10.7. The smallest absolute Gasteiger partial charge is 0.245 e. The van der Waals surface area contributed by atoms with Crippen molar-refractivity contribution >= 4 is 17.7 Å². The van der Waals surface area contributed by atoms with Crippen molar-refractivity contribution in [2.24, 2.45) is 5.92 Å². The van der Waals surface area contributed by atoms with Gasteiger partial charge in [0.15, 0.2) is 0 Å². The molecule has 1 N–H and O–H groups in total. The van der Waals surface area contributed by atoms with E-state index in [-0.39, 0.29) is 23.6 Å². The van der Waals surface area contributed by atoms with Crippen molar-refractivity contribution < 1.29 is 14.4 Å². The molecule has 1 aliphatic rings. The Balaban J connectivity index is 2.22. The third kappa shape index (κ3) is 6.31. The SMILES string of the molecule is CCC(C)[C@@H](C(=O)N[C@@H](Cc1ccccc1)C(=O)N1CCCCC1)N(C)C(C)=O. The van der Waals surface area contributed by atoms with Crippen molar-refractivity contribution in [3.8, 4) is 0 Å². The van der Waals surface area contributed by atoms with Gasteiger partial charge in [-0.3, -0.25) is 14.4 Å². The molecular weight excluding hydrogens is 366 g/mol. The van der Waals surface area contributed by atoms with Gasteiger partial charge < -0.3 is 15.1 Å². The fraction of sp³-hybridized carbons (Fsp3) is 0.609. The Morgan fingerprint density at radius 1 is 1.10 bits per heavy atom. The first-order chi connectivity index (χ1) is 13.8. The molecule has 6 nitrogen and oxygen atoms in total. The van der Waals surface area contributed by atoms with E-state index in [0.29, 0.717) is 6.42 Å². The fourth-order valence-electron chi connectivity index (χ4n) is 3.88. The molecule has 1 aromatic carbocycles.